The molecule has 0 aliphatic heterocycles. The third kappa shape index (κ3) is 3.11. The van der Waals surface area contributed by atoms with Gasteiger partial charge >= 0.3 is 0 Å². The van der Waals surface area contributed by atoms with Gasteiger partial charge in [0.05, 0.1) is 5.41 Å². The summed E-state index contributed by atoms with van der Waals surface area (Å²) in [5, 5.41) is 12.5. The highest BCUT2D eigenvalue weighted by Gasteiger charge is 2.30. The van der Waals surface area contributed by atoms with Crippen LogP contribution >= 0.6 is 22.9 Å². The number of nitrogens with one attached hydrogen (secondary N) is 1. The highest BCUT2D eigenvalue weighted by atomic mass is 35.5. The molecule has 0 unspecified atom stereocenters. The van der Waals surface area contributed by atoms with Gasteiger partial charge in [-0.05, 0) is 38.5 Å². The zero-order chi connectivity index (χ0) is 14.0. The molecular weight excluding hydrogens is 282 g/mol. The number of benzene rings is 1. The van der Waals surface area contributed by atoms with Crippen LogP contribution in [0, 0.1) is 6.92 Å². The van der Waals surface area contributed by atoms with Crippen molar-refractivity contribution in [3.63, 3.8) is 0 Å². The molecule has 1 aromatic heterocycles. The second-order valence-corrected chi connectivity index (χ2v) is 6.33. The van der Waals surface area contributed by atoms with Crippen LogP contribution in [0.5, 0.6) is 0 Å². The minimum atomic E-state index is -0.663. The summed E-state index contributed by atoms with van der Waals surface area (Å²) in [6, 6.07) is 7.27. The number of hydrogen-bond acceptors (Lipinski definition) is 4. The molecule has 0 spiro atoms. The Hall–Kier alpha value is -1.46. The Balaban J connectivity index is 2.19. The largest absolute Gasteiger partial charge is 0.300 e. The van der Waals surface area contributed by atoms with Crippen molar-refractivity contribution in [1.82, 2.24) is 10.2 Å². The van der Waals surface area contributed by atoms with E-state index in [1.165, 1.54) is 11.3 Å². The van der Waals surface area contributed by atoms with E-state index in [-0.39, 0.29) is 5.91 Å². The van der Waals surface area contributed by atoms with Crippen LogP contribution in [-0.4, -0.2) is 16.1 Å². The van der Waals surface area contributed by atoms with Gasteiger partial charge in [-0.2, -0.15) is 0 Å². The van der Waals surface area contributed by atoms with E-state index in [1.54, 1.807) is 12.1 Å². The molecule has 0 bridgehead atoms. The fourth-order valence-electron chi connectivity index (χ4n) is 1.60. The van der Waals surface area contributed by atoms with Gasteiger partial charge in [0, 0.05) is 5.02 Å². The third-order valence-electron chi connectivity index (χ3n) is 2.88. The van der Waals surface area contributed by atoms with E-state index in [4.69, 9.17) is 11.6 Å². The number of aromatic nitrogens is 2. The summed E-state index contributed by atoms with van der Waals surface area (Å²) in [6.07, 6.45) is 0. The highest BCUT2D eigenvalue weighted by molar-refractivity contribution is 7.15. The van der Waals surface area contributed by atoms with E-state index in [1.807, 2.05) is 32.9 Å². The molecule has 1 amide bonds. The van der Waals surface area contributed by atoms with Gasteiger partial charge in [-0.3, -0.25) is 10.1 Å². The Morgan fingerprint density at radius 2 is 1.89 bits per heavy atom. The van der Waals surface area contributed by atoms with Crippen molar-refractivity contribution < 1.29 is 4.79 Å². The van der Waals surface area contributed by atoms with Gasteiger partial charge in [0.1, 0.15) is 5.01 Å². The van der Waals surface area contributed by atoms with Gasteiger partial charge in [0.15, 0.2) is 0 Å². The first-order chi connectivity index (χ1) is 8.89. The minimum Gasteiger partial charge on any atom is -0.300 e. The number of anilines is 1. The van der Waals surface area contributed by atoms with E-state index in [0.29, 0.717) is 10.2 Å². The van der Waals surface area contributed by atoms with Crippen LogP contribution < -0.4 is 5.32 Å². The lowest BCUT2D eigenvalue weighted by atomic mass is 9.84. The van der Waals surface area contributed by atoms with Crippen LogP contribution in [0.4, 0.5) is 5.13 Å². The number of nitrogens with zero attached hydrogens (tertiary/aromatic N) is 2. The summed E-state index contributed by atoms with van der Waals surface area (Å²) < 4.78 is 0. The Labute approximate surface area is 120 Å². The molecule has 4 nitrogen and oxygen atoms in total. The van der Waals surface area contributed by atoms with Crippen LogP contribution in [0.25, 0.3) is 0 Å². The molecule has 0 fully saturated rings. The number of amides is 1. The average Bonchev–Trinajstić information content (AvgIpc) is 2.75. The molecule has 0 aliphatic carbocycles. The molecule has 6 heteroatoms. The number of carbonyl (C=O) groups is 1. The lowest BCUT2D eigenvalue weighted by molar-refractivity contribution is -0.120. The summed E-state index contributed by atoms with van der Waals surface area (Å²) in [5.41, 5.74) is 0.236. The first-order valence-electron chi connectivity index (χ1n) is 5.77. The topological polar surface area (TPSA) is 54.9 Å². The molecule has 0 radical (unpaired) electrons. The van der Waals surface area contributed by atoms with Crippen molar-refractivity contribution in [2.45, 2.75) is 26.2 Å². The number of rotatable bonds is 3. The monoisotopic (exact) mass is 295 g/mol. The Kier molecular flexibility index (Phi) is 3.87. The van der Waals surface area contributed by atoms with E-state index in [2.05, 4.69) is 15.5 Å². The first kappa shape index (κ1) is 14.0. The van der Waals surface area contributed by atoms with Crippen LogP contribution in [-0.2, 0) is 10.2 Å². The highest BCUT2D eigenvalue weighted by Crippen LogP contribution is 2.27. The second kappa shape index (κ2) is 5.27. The lowest BCUT2D eigenvalue weighted by Crippen LogP contribution is -2.34. The van der Waals surface area contributed by atoms with Crippen molar-refractivity contribution in [1.29, 1.82) is 0 Å². The van der Waals surface area contributed by atoms with E-state index >= 15 is 0 Å². The van der Waals surface area contributed by atoms with Gasteiger partial charge in [0.25, 0.3) is 0 Å². The smallest absolute Gasteiger partial charge is 0.236 e. The molecule has 2 aromatic rings. The van der Waals surface area contributed by atoms with Crippen molar-refractivity contribution in [2.24, 2.45) is 0 Å². The third-order valence-corrected chi connectivity index (χ3v) is 3.89. The lowest BCUT2D eigenvalue weighted by Gasteiger charge is -2.23. The Morgan fingerprint density at radius 1 is 1.26 bits per heavy atom. The molecule has 1 heterocycles. The quantitative estimate of drug-likeness (QED) is 0.944. The molecular formula is C13H14ClN3OS. The SMILES string of the molecule is Cc1nnc(NC(=O)C(C)(C)c2ccc(Cl)cc2)s1. The van der Waals surface area contributed by atoms with Gasteiger partial charge < -0.3 is 0 Å². The predicted octanol–water partition coefficient (Wildman–Crippen LogP) is 3.42. The molecule has 19 heavy (non-hydrogen) atoms. The number of carbonyl (C=O) groups excluding carboxylic acids is 1. The maximum absolute atomic E-state index is 12.3. The van der Waals surface area contributed by atoms with Crippen LogP contribution in [0.15, 0.2) is 24.3 Å². The molecule has 0 saturated carbocycles. The summed E-state index contributed by atoms with van der Waals surface area (Å²) >= 11 is 7.21. The predicted molar refractivity (Wildman–Crippen MR) is 77.8 cm³/mol. The number of hydrogen-bond donors (Lipinski definition) is 1. The minimum absolute atomic E-state index is 0.119. The molecule has 100 valence electrons. The zero-order valence-corrected chi connectivity index (χ0v) is 12.5. The van der Waals surface area contributed by atoms with Crippen molar-refractivity contribution in [3.05, 3.63) is 39.9 Å². The zero-order valence-electron chi connectivity index (χ0n) is 10.9. The maximum Gasteiger partial charge on any atom is 0.236 e. The average molecular weight is 296 g/mol. The summed E-state index contributed by atoms with van der Waals surface area (Å²) in [4.78, 5) is 12.3. The molecule has 2 rings (SSSR count). The van der Waals surface area contributed by atoms with Crippen molar-refractivity contribution in [3.8, 4) is 0 Å². The molecule has 0 saturated heterocycles. The summed E-state index contributed by atoms with van der Waals surface area (Å²) in [6.45, 7) is 5.57. The normalized spacial score (nSPS) is 11.4. The first-order valence-corrected chi connectivity index (χ1v) is 6.96. The standard InChI is InChI=1S/C13H14ClN3OS/c1-8-16-17-12(19-8)15-11(18)13(2,3)9-4-6-10(14)7-5-9/h4-7H,1-3H3,(H,15,17,18). The molecule has 0 aliphatic rings. The Morgan fingerprint density at radius 3 is 2.42 bits per heavy atom. The van der Waals surface area contributed by atoms with Crippen molar-refractivity contribution >= 4 is 34.0 Å². The van der Waals surface area contributed by atoms with Gasteiger partial charge in [-0.1, -0.05) is 35.1 Å². The van der Waals surface area contributed by atoms with E-state index < -0.39 is 5.41 Å². The molecule has 0 atom stereocenters. The van der Waals surface area contributed by atoms with Crippen LogP contribution in [0.3, 0.4) is 0 Å². The summed E-state index contributed by atoms with van der Waals surface area (Å²) in [7, 11) is 0. The molecule has 1 N–H and O–H groups in total. The number of aryl methyl sites for hydroxylation is 1. The molecule has 1 aromatic carbocycles. The van der Waals surface area contributed by atoms with Crippen LogP contribution in [0.1, 0.15) is 24.4 Å². The van der Waals surface area contributed by atoms with Crippen LogP contribution in [0.2, 0.25) is 5.02 Å². The summed E-state index contributed by atoms with van der Waals surface area (Å²) in [5.74, 6) is -0.119. The number of halogens is 1. The van der Waals surface area contributed by atoms with E-state index in [9.17, 15) is 4.79 Å². The van der Waals surface area contributed by atoms with Gasteiger partial charge in [0.2, 0.25) is 11.0 Å². The van der Waals surface area contributed by atoms with Gasteiger partial charge in [-0.15, -0.1) is 10.2 Å². The van der Waals surface area contributed by atoms with E-state index in [0.717, 1.165) is 10.6 Å². The fourth-order valence-corrected chi connectivity index (χ4v) is 2.31. The second-order valence-electron chi connectivity index (χ2n) is 4.71. The van der Waals surface area contributed by atoms with Crippen molar-refractivity contribution in [2.75, 3.05) is 5.32 Å². The van der Waals surface area contributed by atoms with Gasteiger partial charge in [-0.25, -0.2) is 0 Å². The Bertz CT molecular complexity index is 592. The maximum atomic E-state index is 12.3. The fraction of sp³-hybridized carbons (Fsp3) is 0.308.